The number of rotatable bonds is 6. The van der Waals surface area contributed by atoms with Crippen molar-refractivity contribution in [3.05, 3.63) is 34.9 Å². The standard InChI is InChI=1S/C15H16ClF3O3.C15H23F3O3/c1-2-7-13-8-20-15(21-9-13,22-12(13)14(17,18)19)10-3-5-11(16)6-4-10;1-2-8-13-9-19-15(20-10-13,11-6-4-3-5-7-11)21-12(13)14(16,17)18/h3-6,12H,2,7-9H2,1H3;11-12H,2-10H2,1H3. The van der Waals surface area contributed by atoms with Gasteiger partial charge in [0.1, 0.15) is 0 Å². The zero-order valence-corrected chi connectivity index (χ0v) is 25.1. The summed E-state index contributed by atoms with van der Waals surface area (Å²) in [5.74, 6) is -3.35. The van der Waals surface area contributed by atoms with Crippen molar-refractivity contribution in [1.29, 1.82) is 0 Å². The van der Waals surface area contributed by atoms with Crippen LogP contribution >= 0.6 is 11.6 Å². The molecule has 0 amide bonds. The van der Waals surface area contributed by atoms with Crippen LogP contribution < -0.4 is 0 Å². The van der Waals surface area contributed by atoms with Crippen molar-refractivity contribution in [3.63, 3.8) is 0 Å². The molecule has 0 aromatic heterocycles. The highest BCUT2D eigenvalue weighted by atomic mass is 35.5. The van der Waals surface area contributed by atoms with Crippen LogP contribution in [-0.2, 0) is 34.4 Å². The van der Waals surface area contributed by atoms with Crippen molar-refractivity contribution in [2.75, 3.05) is 26.4 Å². The van der Waals surface area contributed by atoms with E-state index in [0.29, 0.717) is 36.3 Å². The highest BCUT2D eigenvalue weighted by molar-refractivity contribution is 6.30. The molecule has 6 aliphatic heterocycles. The molecule has 0 radical (unpaired) electrons. The highest BCUT2D eigenvalue weighted by Crippen LogP contribution is 2.56. The minimum Gasteiger partial charge on any atom is -0.326 e. The lowest BCUT2D eigenvalue weighted by Gasteiger charge is -2.58. The van der Waals surface area contributed by atoms with Crippen molar-refractivity contribution in [3.8, 4) is 0 Å². The van der Waals surface area contributed by atoms with Crippen molar-refractivity contribution in [2.24, 2.45) is 16.7 Å². The second-order valence-electron chi connectivity index (χ2n) is 12.5. The Kier molecular flexibility index (Phi) is 9.44. The van der Waals surface area contributed by atoms with Crippen LogP contribution in [0.2, 0.25) is 5.02 Å². The van der Waals surface area contributed by atoms with Gasteiger partial charge in [-0.25, -0.2) is 0 Å². The number of fused-ring (bicyclic) bond motifs is 6. The van der Waals surface area contributed by atoms with Gasteiger partial charge in [-0.15, -0.1) is 0 Å². The van der Waals surface area contributed by atoms with Crippen LogP contribution in [0.1, 0.15) is 77.2 Å². The predicted octanol–water partition coefficient (Wildman–Crippen LogP) is 8.26. The summed E-state index contributed by atoms with van der Waals surface area (Å²) in [5, 5.41) is 0.472. The van der Waals surface area contributed by atoms with E-state index in [4.69, 9.17) is 40.0 Å². The number of ether oxygens (including phenoxy) is 6. The summed E-state index contributed by atoms with van der Waals surface area (Å²) in [4.78, 5) is 0. The largest absolute Gasteiger partial charge is 0.415 e. The molecule has 4 bridgehead atoms. The Morgan fingerprint density at radius 3 is 1.63 bits per heavy atom. The van der Waals surface area contributed by atoms with E-state index in [1.54, 1.807) is 24.3 Å². The molecule has 1 aromatic rings. The maximum absolute atomic E-state index is 13.5. The molecule has 1 aromatic carbocycles. The minimum absolute atomic E-state index is 0.0480. The molecule has 0 N–H and O–H groups in total. The Bertz CT molecular complexity index is 1070. The van der Waals surface area contributed by atoms with E-state index in [1.165, 1.54) is 0 Å². The molecule has 6 saturated heterocycles. The van der Waals surface area contributed by atoms with Crippen LogP contribution in [0.3, 0.4) is 0 Å². The normalized spacial score (nSPS) is 38.1. The first-order valence-electron chi connectivity index (χ1n) is 15.0. The van der Waals surface area contributed by atoms with Crippen molar-refractivity contribution < 1.29 is 54.8 Å². The van der Waals surface area contributed by atoms with Crippen LogP contribution in [0, 0.1) is 16.7 Å². The van der Waals surface area contributed by atoms with Gasteiger partial charge in [-0.2, -0.15) is 26.3 Å². The van der Waals surface area contributed by atoms with Crippen molar-refractivity contribution in [2.45, 2.75) is 108 Å². The Labute approximate surface area is 252 Å². The molecule has 13 heteroatoms. The third kappa shape index (κ3) is 6.31. The summed E-state index contributed by atoms with van der Waals surface area (Å²) in [5.41, 5.74) is -1.89. The molecule has 244 valence electrons. The predicted molar refractivity (Wildman–Crippen MR) is 143 cm³/mol. The Morgan fingerprint density at radius 2 is 1.16 bits per heavy atom. The fourth-order valence-corrected chi connectivity index (χ4v) is 7.32. The van der Waals surface area contributed by atoms with Crippen LogP contribution in [0.5, 0.6) is 0 Å². The lowest BCUT2D eigenvalue weighted by atomic mass is 9.75. The second kappa shape index (κ2) is 12.2. The lowest BCUT2D eigenvalue weighted by molar-refractivity contribution is -0.529. The maximum Gasteiger partial charge on any atom is 0.415 e. The van der Waals surface area contributed by atoms with Gasteiger partial charge in [0.25, 0.3) is 5.97 Å². The first-order valence-corrected chi connectivity index (χ1v) is 15.4. The van der Waals surface area contributed by atoms with Gasteiger partial charge >= 0.3 is 18.3 Å². The fourth-order valence-electron chi connectivity index (χ4n) is 7.19. The molecule has 2 unspecified atom stereocenters. The number of halogens is 7. The zero-order chi connectivity index (χ0) is 31.2. The van der Waals surface area contributed by atoms with Crippen LogP contribution in [0.15, 0.2) is 24.3 Å². The Hall–Kier alpha value is -1.15. The molecule has 0 spiro atoms. The lowest BCUT2D eigenvalue weighted by Crippen LogP contribution is -2.70. The van der Waals surface area contributed by atoms with E-state index < -0.39 is 47.3 Å². The van der Waals surface area contributed by atoms with Gasteiger partial charge < -0.3 is 28.4 Å². The molecule has 1 aliphatic carbocycles. The molecule has 7 aliphatic rings. The average Bonchev–Trinajstić information content (AvgIpc) is 2.99. The maximum atomic E-state index is 13.5. The third-order valence-corrected chi connectivity index (χ3v) is 9.53. The van der Waals surface area contributed by atoms with Crippen LogP contribution in [-0.4, -0.2) is 57.0 Å². The molecular formula is C30H39ClF6O6. The summed E-state index contributed by atoms with van der Waals surface area (Å²) >= 11 is 5.81. The number of hydrogen-bond donors (Lipinski definition) is 0. The number of benzene rings is 1. The summed E-state index contributed by atoms with van der Waals surface area (Å²) < 4.78 is 114. The van der Waals surface area contributed by atoms with Gasteiger partial charge in [-0.3, -0.25) is 0 Å². The molecule has 8 rings (SSSR count). The molecule has 6 nitrogen and oxygen atoms in total. The van der Waals surface area contributed by atoms with E-state index in [-0.39, 0.29) is 32.3 Å². The smallest absolute Gasteiger partial charge is 0.326 e. The van der Waals surface area contributed by atoms with Crippen molar-refractivity contribution >= 4 is 11.6 Å². The van der Waals surface area contributed by atoms with E-state index >= 15 is 0 Å². The van der Waals surface area contributed by atoms with E-state index in [1.807, 2.05) is 13.8 Å². The molecule has 43 heavy (non-hydrogen) atoms. The minimum atomic E-state index is -4.47. The highest BCUT2D eigenvalue weighted by Gasteiger charge is 2.68. The van der Waals surface area contributed by atoms with E-state index in [9.17, 15) is 26.3 Å². The summed E-state index contributed by atoms with van der Waals surface area (Å²) in [6.07, 6.45) is -5.80. The Morgan fingerprint density at radius 1 is 0.698 bits per heavy atom. The first-order chi connectivity index (χ1) is 20.2. The topological polar surface area (TPSA) is 55.4 Å². The van der Waals surface area contributed by atoms with Gasteiger partial charge in [0.2, 0.25) is 0 Å². The first kappa shape index (κ1) is 33.2. The molecular weight excluding hydrogens is 606 g/mol. The average molecular weight is 645 g/mol. The van der Waals surface area contributed by atoms with E-state index in [2.05, 4.69) is 0 Å². The third-order valence-electron chi connectivity index (χ3n) is 9.28. The number of alkyl halides is 6. The number of hydrogen-bond acceptors (Lipinski definition) is 6. The van der Waals surface area contributed by atoms with E-state index in [0.717, 1.165) is 32.1 Å². The molecule has 2 atom stereocenters. The van der Waals surface area contributed by atoms with Gasteiger partial charge in [-0.05, 0) is 49.9 Å². The van der Waals surface area contributed by atoms with Crippen LogP contribution in [0.25, 0.3) is 0 Å². The Balaban J connectivity index is 0.000000171. The van der Waals surface area contributed by atoms with Gasteiger partial charge in [0.05, 0.1) is 37.3 Å². The van der Waals surface area contributed by atoms with Crippen molar-refractivity contribution in [1.82, 2.24) is 0 Å². The second-order valence-corrected chi connectivity index (χ2v) is 12.9. The molecule has 1 saturated carbocycles. The van der Waals surface area contributed by atoms with Gasteiger partial charge in [0.15, 0.2) is 12.2 Å². The molecule has 6 heterocycles. The monoisotopic (exact) mass is 644 g/mol. The van der Waals surface area contributed by atoms with Gasteiger partial charge in [-0.1, -0.05) is 57.6 Å². The molecule has 7 fully saturated rings. The fraction of sp³-hybridized carbons (Fsp3) is 0.800. The quantitative estimate of drug-likeness (QED) is 0.291. The SMILES string of the molecule is CCCC12COC(C3CCCCC3)(OC1)OC2C(F)(F)F.CCCC12COC(c3ccc(Cl)cc3)(OC1)OC2C(F)(F)F. The zero-order valence-electron chi connectivity index (χ0n) is 24.3. The summed E-state index contributed by atoms with van der Waals surface area (Å²) in [6, 6.07) is 6.22. The van der Waals surface area contributed by atoms with Crippen LogP contribution in [0.4, 0.5) is 26.3 Å². The van der Waals surface area contributed by atoms with Gasteiger partial charge in [0, 0.05) is 16.5 Å². The summed E-state index contributed by atoms with van der Waals surface area (Å²) in [6.45, 7) is 3.78. The summed E-state index contributed by atoms with van der Waals surface area (Å²) in [7, 11) is 0.